The topological polar surface area (TPSA) is 45.9 Å². The van der Waals surface area contributed by atoms with Crippen LogP contribution in [-0.2, 0) is 0 Å². The van der Waals surface area contributed by atoms with Gasteiger partial charge in [0.1, 0.15) is 5.75 Å². The van der Waals surface area contributed by atoms with Gasteiger partial charge in [0, 0.05) is 12.6 Å². The van der Waals surface area contributed by atoms with Gasteiger partial charge in [-0.25, -0.2) is 0 Å². The summed E-state index contributed by atoms with van der Waals surface area (Å²) in [7, 11) is 0. The minimum Gasteiger partial charge on any atom is -0.492 e. The third kappa shape index (κ3) is 3.02. The molecule has 0 aromatic carbocycles. The number of ether oxygens (including phenoxy) is 1. The average molecular weight is 162 g/mol. The van der Waals surface area contributed by atoms with Crippen LogP contribution in [0.15, 0.2) is 24.5 Å². The van der Waals surface area contributed by atoms with Crippen molar-refractivity contribution in [3.8, 4) is 11.8 Å². The molecule has 0 aliphatic rings. The summed E-state index contributed by atoms with van der Waals surface area (Å²) in [6.45, 7) is 0.583. The summed E-state index contributed by atoms with van der Waals surface area (Å²) in [5.74, 6) is 0.760. The summed E-state index contributed by atoms with van der Waals surface area (Å²) in [5.41, 5.74) is 0. The molecule has 0 atom stereocenters. The molecule has 0 spiro atoms. The molecule has 0 unspecified atom stereocenters. The van der Waals surface area contributed by atoms with Crippen LogP contribution in [-0.4, -0.2) is 11.6 Å². The van der Waals surface area contributed by atoms with E-state index in [-0.39, 0.29) is 0 Å². The van der Waals surface area contributed by atoms with Crippen LogP contribution in [0.25, 0.3) is 0 Å². The first-order valence-electron chi connectivity index (χ1n) is 3.83. The Labute approximate surface area is 71.6 Å². The second-order valence-corrected chi connectivity index (χ2v) is 2.30. The zero-order valence-electron chi connectivity index (χ0n) is 6.73. The van der Waals surface area contributed by atoms with E-state index in [1.165, 1.54) is 0 Å². The molecule has 0 aliphatic heterocycles. The van der Waals surface area contributed by atoms with Crippen LogP contribution < -0.4 is 4.74 Å². The number of hydrogen-bond donors (Lipinski definition) is 0. The van der Waals surface area contributed by atoms with E-state index in [9.17, 15) is 0 Å². The van der Waals surface area contributed by atoms with Crippen molar-refractivity contribution in [2.45, 2.75) is 12.8 Å². The molecule has 1 heterocycles. The minimum absolute atomic E-state index is 0.542. The largest absolute Gasteiger partial charge is 0.492 e. The highest BCUT2D eigenvalue weighted by atomic mass is 16.5. The third-order valence-electron chi connectivity index (χ3n) is 1.34. The van der Waals surface area contributed by atoms with Gasteiger partial charge < -0.3 is 4.74 Å². The smallest absolute Gasteiger partial charge is 0.137 e. The SMILES string of the molecule is N#CCCCOc1cccnc1. The van der Waals surface area contributed by atoms with Gasteiger partial charge in [-0.15, -0.1) is 0 Å². The Morgan fingerprint density at radius 2 is 2.50 bits per heavy atom. The Morgan fingerprint density at radius 3 is 3.17 bits per heavy atom. The quantitative estimate of drug-likeness (QED) is 0.634. The maximum atomic E-state index is 8.25. The molecule has 3 nitrogen and oxygen atoms in total. The molecule has 0 aliphatic carbocycles. The zero-order valence-corrected chi connectivity index (χ0v) is 6.73. The van der Waals surface area contributed by atoms with Gasteiger partial charge in [-0.05, 0) is 18.6 Å². The van der Waals surface area contributed by atoms with Crippen molar-refractivity contribution in [2.24, 2.45) is 0 Å². The summed E-state index contributed by atoms with van der Waals surface area (Å²) in [5, 5.41) is 8.25. The Morgan fingerprint density at radius 1 is 1.58 bits per heavy atom. The fourth-order valence-corrected chi connectivity index (χ4v) is 0.774. The normalized spacial score (nSPS) is 8.92. The van der Waals surface area contributed by atoms with Crippen molar-refractivity contribution in [2.75, 3.05) is 6.61 Å². The lowest BCUT2D eigenvalue weighted by atomic mass is 10.3. The molecule has 0 N–H and O–H groups in total. The second kappa shape index (κ2) is 5.14. The van der Waals surface area contributed by atoms with Crippen molar-refractivity contribution >= 4 is 0 Å². The monoisotopic (exact) mass is 162 g/mol. The average Bonchev–Trinajstić information content (AvgIpc) is 2.14. The number of nitriles is 1. The summed E-state index contributed by atoms with van der Waals surface area (Å²) in [6.07, 6.45) is 4.67. The predicted molar refractivity (Wildman–Crippen MR) is 44.6 cm³/mol. The molecule has 0 saturated carbocycles. The zero-order chi connectivity index (χ0) is 8.65. The van der Waals surface area contributed by atoms with Gasteiger partial charge in [0.25, 0.3) is 0 Å². The van der Waals surface area contributed by atoms with E-state index in [0.717, 1.165) is 12.2 Å². The van der Waals surface area contributed by atoms with E-state index in [0.29, 0.717) is 13.0 Å². The summed E-state index contributed by atoms with van der Waals surface area (Å²) < 4.78 is 5.29. The van der Waals surface area contributed by atoms with Crippen LogP contribution in [0.5, 0.6) is 5.75 Å². The van der Waals surface area contributed by atoms with E-state index in [1.807, 2.05) is 12.1 Å². The van der Waals surface area contributed by atoms with Crippen molar-refractivity contribution in [1.29, 1.82) is 5.26 Å². The first-order chi connectivity index (χ1) is 5.93. The number of aromatic nitrogens is 1. The molecule has 62 valence electrons. The lowest BCUT2D eigenvalue weighted by Gasteiger charge is -2.02. The summed E-state index contributed by atoms with van der Waals surface area (Å²) >= 11 is 0. The van der Waals surface area contributed by atoms with Crippen LogP contribution in [0.4, 0.5) is 0 Å². The van der Waals surface area contributed by atoms with Crippen LogP contribution in [0.1, 0.15) is 12.8 Å². The van der Waals surface area contributed by atoms with Crippen molar-refractivity contribution in [3.05, 3.63) is 24.5 Å². The van der Waals surface area contributed by atoms with E-state index in [1.54, 1.807) is 12.4 Å². The Kier molecular flexibility index (Phi) is 3.65. The first-order valence-corrected chi connectivity index (χ1v) is 3.83. The number of pyridine rings is 1. The molecule has 0 amide bonds. The van der Waals surface area contributed by atoms with E-state index < -0.39 is 0 Å². The lowest BCUT2D eigenvalue weighted by Crippen LogP contribution is -1.96. The highest BCUT2D eigenvalue weighted by Crippen LogP contribution is 2.06. The highest BCUT2D eigenvalue weighted by Gasteiger charge is 1.90. The van der Waals surface area contributed by atoms with E-state index in [2.05, 4.69) is 11.1 Å². The summed E-state index contributed by atoms with van der Waals surface area (Å²) in [4.78, 5) is 3.89. The first kappa shape index (κ1) is 8.54. The number of nitrogens with zero attached hydrogens (tertiary/aromatic N) is 2. The van der Waals surface area contributed by atoms with Crippen molar-refractivity contribution in [3.63, 3.8) is 0 Å². The molecule has 3 heteroatoms. The molecule has 1 aromatic heterocycles. The molecule has 0 bridgehead atoms. The molecular formula is C9H10N2O. The molecule has 12 heavy (non-hydrogen) atoms. The fraction of sp³-hybridized carbons (Fsp3) is 0.333. The Balaban J connectivity index is 2.21. The highest BCUT2D eigenvalue weighted by molar-refractivity contribution is 5.15. The van der Waals surface area contributed by atoms with Crippen molar-refractivity contribution in [1.82, 2.24) is 4.98 Å². The molecular weight excluding hydrogens is 152 g/mol. The molecule has 0 saturated heterocycles. The van der Waals surface area contributed by atoms with Crippen LogP contribution >= 0.6 is 0 Å². The molecule has 1 aromatic rings. The maximum absolute atomic E-state index is 8.25. The Bertz CT molecular complexity index is 253. The maximum Gasteiger partial charge on any atom is 0.137 e. The van der Waals surface area contributed by atoms with E-state index in [4.69, 9.17) is 10.00 Å². The van der Waals surface area contributed by atoms with Gasteiger partial charge in [0.2, 0.25) is 0 Å². The second-order valence-electron chi connectivity index (χ2n) is 2.30. The van der Waals surface area contributed by atoms with Crippen LogP contribution in [0.3, 0.4) is 0 Å². The standard InChI is InChI=1S/C9H10N2O/c10-5-1-2-7-12-9-4-3-6-11-8-9/h3-4,6,8H,1-2,7H2. The molecule has 0 radical (unpaired) electrons. The van der Waals surface area contributed by atoms with Gasteiger partial charge >= 0.3 is 0 Å². The Hall–Kier alpha value is -1.56. The van der Waals surface area contributed by atoms with Gasteiger partial charge in [-0.2, -0.15) is 5.26 Å². The predicted octanol–water partition coefficient (Wildman–Crippen LogP) is 1.76. The van der Waals surface area contributed by atoms with Crippen LogP contribution in [0, 0.1) is 11.3 Å². The van der Waals surface area contributed by atoms with Crippen molar-refractivity contribution < 1.29 is 4.74 Å². The number of hydrogen-bond acceptors (Lipinski definition) is 3. The van der Waals surface area contributed by atoms with Gasteiger partial charge in [0.15, 0.2) is 0 Å². The summed E-state index contributed by atoms with van der Waals surface area (Å²) in [6, 6.07) is 5.72. The van der Waals surface area contributed by atoms with Gasteiger partial charge in [-0.3, -0.25) is 4.98 Å². The van der Waals surface area contributed by atoms with Crippen LogP contribution in [0.2, 0.25) is 0 Å². The van der Waals surface area contributed by atoms with Gasteiger partial charge in [-0.1, -0.05) is 0 Å². The van der Waals surface area contributed by atoms with Gasteiger partial charge in [0.05, 0.1) is 18.9 Å². The lowest BCUT2D eigenvalue weighted by molar-refractivity contribution is 0.311. The van der Waals surface area contributed by atoms with E-state index >= 15 is 0 Å². The number of unbranched alkanes of at least 4 members (excludes halogenated alkanes) is 1. The molecule has 1 rings (SSSR count). The fourth-order valence-electron chi connectivity index (χ4n) is 0.774. The minimum atomic E-state index is 0.542. The molecule has 0 fully saturated rings. The number of rotatable bonds is 4. The third-order valence-corrected chi connectivity index (χ3v) is 1.34.